The van der Waals surface area contributed by atoms with Crippen molar-refractivity contribution in [2.75, 3.05) is 9.80 Å². The Kier molecular flexibility index (Phi) is 6.64. The molecule has 0 saturated heterocycles. The second-order valence-corrected chi connectivity index (χ2v) is 18.0. The molecule has 0 fully saturated rings. The number of hydrogen-bond donors (Lipinski definition) is 0. The normalized spacial score (nSPS) is 14.2. The molecule has 0 bridgehead atoms. The van der Waals surface area contributed by atoms with E-state index in [0.717, 1.165) is 112 Å². The molecule has 2 aromatic heterocycles. The van der Waals surface area contributed by atoms with Crippen molar-refractivity contribution in [2.24, 2.45) is 0 Å². The molecule has 0 unspecified atom stereocenters. The van der Waals surface area contributed by atoms with Gasteiger partial charge in [0.05, 0.1) is 11.3 Å². The summed E-state index contributed by atoms with van der Waals surface area (Å²) in [6.07, 6.45) is 0. The first-order valence-corrected chi connectivity index (χ1v) is 21.4. The van der Waals surface area contributed by atoms with Crippen molar-refractivity contribution in [2.45, 2.75) is 26.2 Å². The molecule has 8 aromatic carbocycles. The minimum absolute atomic E-state index is 0.0377. The number of nitrogens with zero attached hydrogens (tertiary/aromatic N) is 2. The average Bonchev–Trinajstić information content (AvgIpc) is 3.84. The lowest BCUT2D eigenvalue weighted by molar-refractivity contribution is 0.485. The molecular weight excluding hydrogens is 762 g/mol. The Morgan fingerprint density at radius 2 is 0.984 bits per heavy atom. The number of anilines is 6. The van der Waals surface area contributed by atoms with Gasteiger partial charge in [0.15, 0.2) is 0 Å². The number of furan rings is 2. The van der Waals surface area contributed by atoms with Gasteiger partial charge in [0.1, 0.15) is 39.7 Å². The van der Waals surface area contributed by atoms with Gasteiger partial charge in [-0.25, -0.2) is 0 Å². The fourth-order valence-electron chi connectivity index (χ4n) is 10.7. The summed E-state index contributed by atoms with van der Waals surface area (Å²) in [4.78, 5) is 4.73. The summed E-state index contributed by atoms with van der Waals surface area (Å²) in [6, 6.07) is 58.2. The Bertz CT molecular complexity index is 3550. The Morgan fingerprint density at radius 1 is 0.419 bits per heavy atom. The summed E-state index contributed by atoms with van der Waals surface area (Å²) in [5, 5.41) is 3.16. The van der Waals surface area contributed by atoms with Crippen molar-refractivity contribution >= 4 is 113 Å². The van der Waals surface area contributed by atoms with E-state index in [1.807, 2.05) is 0 Å². The van der Waals surface area contributed by atoms with Gasteiger partial charge in [-0.05, 0) is 99.6 Å². The second-order valence-electron chi connectivity index (χ2n) is 18.0. The molecule has 0 N–H and O–H groups in total. The molecule has 0 saturated carbocycles. The number of hydrogen-bond acceptors (Lipinski definition) is 6. The van der Waals surface area contributed by atoms with Gasteiger partial charge in [-0.1, -0.05) is 106 Å². The number of rotatable bonds is 2. The molecule has 6 nitrogen and oxygen atoms in total. The van der Waals surface area contributed by atoms with Crippen molar-refractivity contribution < 1.29 is 18.3 Å². The maximum absolute atomic E-state index is 7.08. The van der Waals surface area contributed by atoms with Crippen LogP contribution in [0.3, 0.4) is 0 Å². The monoisotopic (exact) mass is 798 g/mol. The molecule has 0 atom stereocenters. The van der Waals surface area contributed by atoms with E-state index in [-0.39, 0.29) is 18.8 Å². The lowest BCUT2D eigenvalue weighted by Crippen LogP contribution is -2.59. The van der Waals surface area contributed by atoms with E-state index in [0.29, 0.717) is 0 Å². The third-order valence-electron chi connectivity index (χ3n) is 13.5. The van der Waals surface area contributed by atoms with Crippen LogP contribution in [-0.2, 0) is 5.41 Å². The van der Waals surface area contributed by atoms with Crippen LogP contribution in [0.5, 0.6) is 23.0 Å². The molecular formula is C54H36B2N2O4. The lowest BCUT2D eigenvalue weighted by atomic mass is 9.34. The lowest BCUT2D eigenvalue weighted by Gasteiger charge is -2.39. The van der Waals surface area contributed by atoms with E-state index in [4.69, 9.17) is 18.3 Å². The maximum Gasteiger partial charge on any atom is 0.301 e. The largest absolute Gasteiger partial charge is 0.468 e. The molecule has 0 amide bonds. The minimum Gasteiger partial charge on any atom is -0.468 e. The molecule has 8 heteroatoms. The van der Waals surface area contributed by atoms with Crippen LogP contribution < -0.4 is 52.2 Å². The fraction of sp³-hybridized carbons (Fsp3) is 0.0741. The smallest absolute Gasteiger partial charge is 0.301 e. The van der Waals surface area contributed by atoms with Gasteiger partial charge in [-0.3, -0.25) is 0 Å². The molecule has 0 aliphatic carbocycles. The Hall–Kier alpha value is -7.57. The molecule has 292 valence electrons. The van der Waals surface area contributed by atoms with E-state index < -0.39 is 0 Å². The van der Waals surface area contributed by atoms with Crippen molar-refractivity contribution in [1.29, 1.82) is 0 Å². The second kappa shape index (κ2) is 12.0. The van der Waals surface area contributed by atoms with Crippen LogP contribution in [0.1, 0.15) is 26.3 Å². The molecule has 62 heavy (non-hydrogen) atoms. The zero-order valence-corrected chi connectivity index (χ0v) is 34.3. The first kappa shape index (κ1) is 34.2. The van der Waals surface area contributed by atoms with Gasteiger partial charge >= 0.3 is 6.71 Å². The predicted molar refractivity (Wildman–Crippen MR) is 254 cm³/mol. The van der Waals surface area contributed by atoms with E-state index in [9.17, 15) is 0 Å². The number of fused-ring (bicyclic) bond motifs is 13. The highest BCUT2D eigenvalue weighted by Gasteiger charge is 2.47. The zero-order valence-electron chi connectivity index (χ0n) is 34.3. The summed E-state index contributed by atoms with van der Waals surface area (Å²) in [7, 11) is 0. The number of benzene rings is 8. The maximum atomic E-state index is 7.08. The highest BCUT2D eigenvalue weighted by atomic mass is 16.5. The molecule has 4 aliphatic heterocycles. The summed E-state index contributed by atoms with van der Waals surface area (Å²) >= 11 is 0. The van der Waals surface area contributed by atoms with Crippen molar-refractivity contribution in [3.05, 3.63) is 169 Å². The highest BCUT2D eigenvalue weighted by Crippen LogP contribution is 2.47. The molecule has 0 radical (unpaired) electrons. The van der Waals surface area contributed by atoms with Crippen LogP contribution in [0.15, 0.2) is 173 Å². The predicted octanol–water partition coefficient (Wildman–Crippen LogP) is 10.4. The molecule has 10 aromatic rings. The Balaban J connectivity index is 0.991. The standard InChI is InChI=1S/C54H36B2N2O4/c1-54(2,3)31-24-25-43-36(26-31)52-53(62-43)56-39-28-35-34-27-38-48(59-44-22-12-20-41-50(44)55(38)37-18-10-11-19-40(37)57(41)32-14-6-4-7-15-32)29-46(34)61-47(35)30-49(39)60-45-23-13-21-42(51(45)56)58(52)33-16-8-5-9-17-33/h4-30H,1-3H3. The zero-order chi connectivity index (χ0) is 41.0. The van der Waals surface area contributed by atoms with Gasteiger partial charge in [0, 0.05) is 62.2 Å². The van der Waals surface area contributed by atoms with Gasteiger partial charge < -0.3 is 28.1 Å². The fourth-order valence-corrected chi connectivity index (χ4v) is 10.7. The highest BCUT2D eigenvalue weighted by molar-refractivity contribution is 7.00. The molecule has 0 spiro atoms. The average molecular weight is 799 g/mol. The Labute approximate surface area is 358 Å². The third kappa shape index (κ3) is 4.56. The van der Waals surface area contributed by atoms with E-state index in [1.54, 1.807) is 0 Å². The van der Waals surface area contributed by atoms with Gasteiger partial charge in [-0.15, -0.1) is 0 Å². The Morgan fingerprint density at radius 3 is 1.65 bits per heavy atom. The molecule has 14 rings (SSSR count). The van der Waals surface area contributed by atoms with Crippen molar-refractivity contribution in [1.82, 2.24) is 0 Å². The summed E-state index contributed by atoms with van der Waals surface area (Å²) < 4.78 is 27.6. The van der Waals surface area contributed by atoms with Crippen LogP contribution in [0.2, 0.25) is 0 Å². The number of ether oxygens (including phenoxy) is 2. The van der Waals surface area contributed by atoms with Crippen molar-refractivity contribution in [3.63, 3.8) is 0 Å². The van der Waals surface area contributed by atoms with Crippen LogP contribution in [0, 0.1) is 0 Å². The topological polar surface area (TPSA) is 51.2 Å². The summed E-state index contributed by atoms with van der Waals surface area (Å²) in [6.45, 7) is 6.54. The number of para-hydroxylation sites is 3. The summed E-state index contributed by atoms with van der Waals surface area (Å²) in [5.41, 5.74) is 16.8. The first-order chi connectivity index (χ1) is 30.4. The molecule has 6 heterocycles. The third-order valence-corrected chi connectivity index (χ3v) is 13.5. The molecule has 4 aliphatic rings. The quantitative estimate of drug-likeness (QED) is 0.162. The van der Waals surface area contributed by atoms with E-state index in [1.165, 1.54) is 16.5 Å². The van der Waals surface area contributed by atoms with Crippen LogP contribution in [-0.4, -0.2) is 13.4 Å². The van der Waals surface area contributed by atoms with Crippen LogP contribution in [0.4, 0.5) is 34.1 Å². The van der Waals surface area contributed by atoms with Crippen LogP contribution >= 0.6 is 0 Å². The van der Waals surface area contributed by atoms with Gasteiger partial charge in [0.25, 0.3) is 6.71 Å². The van der Waals surface area contributed by atoms with Gasteiger partial charge in [-0.2, -0.15) is 0 Å². The van der Waals surface area contributed by atoms with E-state index in [2.05, 4.69) is 194 Å². The van der Waals surface area contributed by atoms with Crippen molar-refractivity contribution in [3.8, 4) is 23.0 Å². The first-order valence-electron chi connectivity index (χ1n) is 21.4. The van der Waals surface area contributed by atoms with Gasteiger partial charge in [0.2, 0.25) is 0 Å². The van der Waals surface area contributed by atoms with Crippen LogP contribution in [0.25, 0.3) is 32.9 Å². The van der Waals surface area contributed by atoms with E-state index >= 15 is 0 Å². The summed E-state index contributed by atoms with van der Waals surface area (Å²) in [5.74, 6) is 3.25. The minimum atomic E-state index is -0.218. The SMILES string of the molecule is CC(C)(C)c1ccc2oc3c(c2c1)N(c1ccccc1)c1cccc2c1B3c1cc3c(cc1O2)oc1cc2c(cc13)B1c3ccccc3N(c3ccccc3)c3cccc(c31)O2.